The van der Waals surface area contributed by atoms with Crippen LogP contribution in [0.3, 0.4) is 0 Å². The molecule has 0 spiro atoms. The van der Waals surface area contributed by atoms with Crippen molar-refractivity contribution in [3.8, 4) is 11.5 Å². The third-order valence-electron chi connectivity index (χ3n) is 4.09. The average molecular weight is 383 g/mol. The Kier molecular flexibility index (Phi) is 6.30. The van der Waals surface area contributed by atoms with Crippen LogP contribution in [0.5, 0.6) is 11.5 Å². The molecule has 0 bridgehead atoms. The van der Waals surface area contributed by atoms with Crippen molar-refractivity contribution in [2.24, 2.45) is 0 Å². The summed E-state index contributed by atoms with van der Waals surface area (Å²) < 4.78 is 11.3. The van der Waals surface area contributed by atoms with Gasteiger partial charge in [0.1, 0.15) is 0 Å². The predicted octanol–water partition coefficient (Wildman–Crippen LogP) is 3.86. The number of nitrogens with zero attached hydrogens (tertiary/aromatic N) is 1. The molecule has 0 aliphatic carbocycles. The molecule has 0 saturated heterocycles. The first-order valence-corrected chi connectivity index (χ1v) is 8.95. The summed E-state index contributed by atoms with van der Waals surface area (Å²) in [5.41, 5.74) is 2.28. The quantitative estimate of drug-likeness (QED) is 0.754. The van der Waals surface area contributed by atoms with Crippen LogP contribution in [0.2, 0.25) is 5.02 Å². The molecular weight excluding hydrogens is 360 g/mol. The summed E-state index contributed by atoms with van der Waals surface area (Å²) in [5.74, 6) is 1.04. The summed E-state index contributed by atoms with van der Waals surface area (Å²) in [6.07, 6.45) is 0. The average Bonchev–Trinajstić information content (AvgIpc) is 2.55. The summed E-state index contributed by atoms with van der Waals surface area (Å²) in [5, 5.41) is 4.21. The number of carbonyl (C=O) groups excluding carboxylic acids is 1. The molecule has 0 radical (unpaired) electrons. The van der Waals surface area contributed by atoms with Gasteiger partial charge >= 0.3 is 0 Å². The van der Waals surface area contributed by atoms with Crippen molar-refractivity contribution in [1.29, 1.82) is 0 Å². The number of hydrogen-bond donors (Lipinski definition) is 1. The summed E-state index contributed by atoms with van der Waals surface area (Å²) in [6, 6.07) is 3.26. The Bertz CT molecular complexity index is 733. The molecule has 1 atom stereocenters. The van der Waals surface area contributed by atoms with E-state index in [9.17, 15) is 4.79 Å². The maximum Gasteiger partial charge on any atom is 0.179 e. The molecule has 1 aromatic rings. The van der Waals surface area contributed by atoms with Gasteiger partial charge in [-0.25, -0.2) is 0 Å². The van der Waals surface area contributed by atoms with E-state index >= 15 is 0 Å². The minimum atomic E-state index is -0.381. The number of halogens is 1. The summed E-state index contributed by atoms with van der Waals surface area (Å²) in [7, 11) is 1.83. The van der Waals surface area contributed by atoms with Crippen LogP contribution in [0.15, 0.2) is 23.4 Å². The Morgan fingerprint density at radius 3 is 2.52 bits per heavy atom. The van der Waals surface area contributed by atoms with Crippen LogP contribution in [-0.4, -0.2) is 36.1 Å². The number of ketones is 1. The van der Waals surface area contributed by atoms with Crippen LogP contribution in [0.4, 0.5) is 0 Å². The fourth-order valence-corrected chi connectivity index (χ4v) is 3.37. The molecular formula is C18H23ClN2O3S. The number of benzene rings is 1. The molecule has 1 aliphatic heterocycles. The molecule has 0 saturated carbocycles. The maximum absolute atomic E-state index is 12.3. The van der Waals surface area contributed by atoms with Crippen molar-refractivity contribution in [3.05, 3.63) is 34.0 Å². The molecule has 136 valence electrons. The van der Waals surface area contributed by atoms with E-state index in [1.807, 2.05) is 33.9 Å². The second-order valence-electron chi connectivity index (χ2n) is 5.69. The van der Waals surface area contributed by atoms with E-state index in [2.05, 4.69) is 5.32 Å². The Labute approximate surface area is 158 Å². The van der Waals surface area contributed by atoms with Gasteiger partial charge in [-0.1, -0.05) is 11.6 Å². The van der Waals surface area contributed by atoms with E-state index in [1.165, 1.54) is 0 Å². The third-order valence-corrected chi connectivity index (χ3v) is 4.76. The first-order chi connectivity index (χ1) is 11.8. The number of allylic oxidation sites excluding steroid dienone is 1. The lowest BCUT2D eigenvalue weighted by molar-refractivity contribution is -0.114. The highest BCUT2D eigenvalue weighted by Crippen LogP contribution is 2.40. The fraction of sp³-hybridized carbons (Fsp3) is 0.444. The van der Waals surface area contributed by atoms with Gasteiger partial charge in [-0.15, -0.1) is 0 Å². The standard InChI is InChI=1S/C18H23ClN2O3S/c1-6-23-14-9-12(8-13(19)17(14)24-7-2)16-15(11(4)22)10(3)21(5)18(25)20-16/h8-9,16H,6-7H2,1-5H3,(H,20,25). The van der Waals surface area contributed by atoms with Crippen LogP contribution in [-0.2, 0) is 4.79 Å². The molecule has 0 aromatic heterocycles. The first kappa shape index (κ1) is 19.5. The predicted molar refractivity (Wildman–Crippen MR) is 103 cm³/mol. The third kappa shape index (κ3) is 3.90. The molecule has 0 fully saturated rings. The zero-order chi connectivity index (χ0) is 18.7. The Balaban J connectivity index is 2.59. The molecule has 5 nitrogen and oxygen atoms in total. The molecule has 1 aliphatic rings. The highest BCUT2D eigenvalue weighted by Gasteiger charge is 2.31. The molecule has 7 heteroatoms. The second kappa shape index (κ2) is 8.06. The number of Topliss-reactive ketones (excluding diaryl/α,β-unsaturated/α-hetero) is 1. The number of ether oxygens (including phenoxy) is 2. The highest BCUT2D eigenvalue weighted by atomic mass is 35.5. The van der Waals surface area contributed by atoms with Gasteiger partial charge < -0.3 is 19.7 Å². The summed E-state index contributed by atoms with van der Waals surface area (Å²) in [6.45, 7) is 8.17. The van der Waals surface area contributed by atoms with Crippen molar-refractivity contribution in [2.75, 3.05) is 20.3 Å². The van der Waals surface area contributed by atoms with Gasteiger partial charge in [0.25, 0.3) is 0 Å². The SMILES string of the molecule is CCOc1cc(C2NC(=S)N(C)C(C)=C2C(C)=O)cc(Cl)c1OCC. The minimum Gasteiger partial charge on any atom is -0.490 e. The van der Waals surface area contributed by atoms with Crippen LogP contribution < -0.4 is 14.8 Å². The second-order valence-corrected chi connectivity index (χ2v) is 6.49. The van der Waals surface area contributed by atoms with Gasteiger partial charge in [0.15, 0.2) is 22.4 Å². The highest BCUT2D eigenvalue weighted by molar-refractivity contribution is 7.80. The van der Waals surface area contributed by atoms with Gasteiger partial charge in [-0.05, 0) is 57.6 Å². The summed E-state index contributed by atoms with van der Waals surface area (Å²) in [4.78, 5) is 14.0. The molecule has 1 aromatic carbocycles. The van der Waals surface area contributed by atoms with Crippen molar-refractivity contribution < 1.29 is 14.3 Å². The lowest BCUT2D eigenvalue weighted by atomic mass is 9.92. The van der Waals surface area contributed by atoms with Crippen LogP contribution in [0.25, 0.3) is 0 Å². The van der Waals surface area contributed by atoms with Gasteiger partial charge in [-0.2, -0.15) is 0 Å². The van der Waals surface area contributed by atoms with Crippen molar-refractivity contribution in [3.63, 3.8) is 0 Å². The molecule has 25 heavy (non-hydrogen) atoms. The molecule has 1 heterocycles. The van der Waals surface area contributed by atoms with Crippen molar-refractivity contribution >= 4 is 34.7 Å². The van der Waals surface area contributed by atoms with E-state index in [0.29, 0.717) is 40.4 Å². The zero-order valence-electron chi connectivity index (χ0n) is 15.1. The van der Waals surface area contributed by atoms with E-state index in [4.69, 9.17) is 33.3 Å². The van der Waals surface area contributed by atoms with E-state index < -0.39 is 0 Å². The molecule has 2 rings (SSSR count). The summed E-state index contributed by atoms with van der Waals surface area (Å²) >= 11 is 11.8. The lowest BCUT2D eigenvalue weighted by Gasteiger charge is -2.35. The first-order valence-electron chi connectivity index (χ1n) is 8.16. The van der Waals surface area contributed by atoms with Crippen LogP contribution >= 0.6 is 23.8 Å². The number of hydrogen-bond acceptors (Lipinski definition) is 4. The lowest BCUT2D eigenvalue weighted by Crippen LogP contribution is -2.45. The van der Waals surface area contributed by atoms with E-state index in [1.54, 1.807) is 17.9 Å². The van der Waals surface area contributed by atoms with Crippen molar-refractivity contribution in [1.82, 2.24) is 10.2 Å². The van der Waals surface area contributed by atoms with Gasteiger partial charge in [0, 0.05) is 18.3 Å². The van der Waals surface area contributed by atoms with Gasteiger partial charge in [0.2, 0.25) is 0 Å². The molecule has 1 unspecified atom stereocenters. The molecule has 1 N–H and O–H groups in total. The van der Waals surface area contributed by atoms with Crippen LogP contribution in [0.1, 0.15) is 39.3 Å². The van der Waals surface area contributed by atoms with E-state index in [0.717, 1.165) is 11.3 Å². The monoisotopic (exact) mass is 382 g/mol. The zero-order valence-corrected chi connectivity index (χ0v) is 16.7. The Morgan fingerprint density at radius 2 is 1.96 bits per heavy atom. The Morgan fingerprint density at radius 1 is 1.32 bits per heavy atom. The number of nitrogens with one attached hydrogen (secondary N) is 1. The maximum atomic E-state index is 12.3. The largest absolute Gasteiger partial charge is 0.490 e. The Hall–Kier alpha value is -1.79. The molecule has 0 amide bonds. The van der Waals surface area contributed by atoms with Crippen LogP contribution in [0, 0.1) is 0 Å². The van der Waals surface area contributed by atoms with Gasteiger partial charge in [-0.3, -0.25) is 4.79 Å². The smallest absolute Gasteiger partial charge is 0.179 e. The normalized spacial score (nSPS) is 17.4. The fourth-order valence-electron chi connectivity index (χ4n) is 2.84. The number of thiocarbonyl (C=S) groups is 1. The number of carbonyl (C=O) groups is 1. The topological polar surface area (TPSA) is 50.8 Å². The van der Waals surface area contributed by atoms with E-state index in [-0.39, 0.29) is 11.8 Å². The van der Waals surface area contributed by atoms with Gasteiger partial charge in [0.05, 0.1) is 24.3 Å². The van der Waals surface area contributed by atoms with Crippen molar-refractivity contribution in [2.45, 2.75) is 33.7 Å². The minimum absolute atomic E-state index is 0.0210. The number of rotatable bonds is 6.